The number of rotatable bonds is 4. The molecule has 1 aromatic rings. The Labute approximate surface area is 104 Å². The van der Waals surface area contributed by atoms with Crippen LogP contribution in [0.4, 0.5) is 0 Å². The summed E-state index contributed by atoms with van der Waals surface area (Å²) < 4.78 is 0.775. The third-order valence-electron chi connectivity index (χ3n) is 2.25. The largest absolute Gasteiger partial charge is 0.272 e. The van der Waals surface area contributed by atoms with E-state index < -0.39 is 0 Å². The van der Waals surface area contributed by atoms with Crippen molar-refractivity contribution in [3.63, 3.8) is 0 Å². The maximum absolute atomic E-state index is 11.8. The van der Waals surface area contributed by atoms with Crippen LogP contribution < -0.4 is 5.43 Å². The molecule has 0 bridgehead atoms. The van der Waals surface area contributed by atoms with Crippen LogP contribution in [0.25, 0.3) is 0 Å². The number of benzene rings is 1. The molecule has 0 saturated heterocycles. The average molecular weight is 283 g/mol. The second kappa shape index (κ2) is 6.43. The topological polar surface area (TPSA) is 41.5 Å². The lowest BCUT2D eigenvalue weighted by Gasteiger charge is -2.04. The van der Waals surface area contributed by atoms with Gasteiger partial charge < -0.3 is 0 Å². The number of halogens is 1. The van der Waals surface area contributed by atoms with Crippen LogP contribution in [-0.4, -0.2) is 11.6 Å². The van der Waals surface area contributed by atoms with Gasteiger partial charge in [0, 0.05) is 10.2 Å². The summed E-state index contributed by atoms with van der Waals surface area (Å²) in [6, 6.07) is 7.28. The monoisotopic (exact) mass is 282 g/mol. The summed E-state index contributed by atoms with van der Waals surface area (Å²) in [7, 11) is 0. The maximum atomic E-state index is 11.8. The van der Waals surface area contributed by atoms with E-state index in [1.54, 1.807) is 6.07 Å². The normalized spacial score (nSPS) is 9.69. The Hall–Kier alpha value is -1.16. The van der Waals surface area contributed by atoms with Crippen molar-refractivity contribution >= 4 is 27.5 Å². The standard InChI is InChI=1S/C12H15BrN2O/c1-3-9(4-2)14-15-12(16)10-7-5-6-8-11(10)13/h5-8H,3-4H2,1-2H3,(H,15,16). The molecular formula is C12H15BrN2O. The van der Waals surface area contributed by atoms with Gasteiger partial charge in [-0.05, 0) is 40.9 Å². The molecule has 0 aromatic heterocycles. The van der Waals surface area contributed by atoms with E-state index in [-0.39, 0.29) is 5.91 Å². The molecule has 1 amide bonds. The van der Waals surface area contributed by atoms with Gasteiger partial charge in [0.25, 0.3) is 5.91 Å². The molecule has 1 rings (SSSR count). The lowest BCUT2D eigenvalue weighted by atomic mass is 10.2. The first kappa shape index (κ1) is 12.9. The number of amides is 1. The Bertz CT molecular complexity index is 396. The number of hydrogen-bond acceptors (Lipinski definition) is 2. The molecule has 1 aromatic carbocycles. The van der Waals surface area contributed by atoms with Gasteiger partial charge in [0.15, 0.2) is 0 Å². The molecule has 0 aliphatic heterocycles. The molecule has 0 heterocycles. The number of carbonyl (C=O) groups is 1. The third-order valence-corrected chi connectivity index (χ3v) is 2.94. The van der Waals surface area contributed by atoms with Crippen LogP contribution in [-0.2, 0) is 0 Å². The Morgan fingerprint density at radius 3 is 2.50 bits per heavy atom. The first-order valence-electron chi connectivity index (χ1n) is 5.29. The number of hydrogen-bond donors (Lipinski definition) is 1. The van der Waals surface area contributed by atoms with E-state index in [2.05, 4.69) is 26.5 Å². The molecule has 0 spiro atoms. The molecule has 0 saturated carbocycles. The van der Waals surface area contributed by atoms with Gasteiger partial charge in [-0.3, -0.25) is 4.79 Å². The van der Waals surface area contributed by atoms with Gasteiger partial charge in [-0.1, -0.05) is 26.0 Å². The predicted octanol–water partition coefficient (Wildman–Crippen LogP) is 3.35. The Kier molecular flexibility index (Phi) is 5.19. The van der Waals surface area contributed by atoms with E-state index in [9.17, 15) is 4.79 Å². The Morgan fingerprint density at radius 2 is 1.94 bits per heavy atom. The van der Waals surface area contributed by atoms with E-state index in [0.29, 0.717) is 5.56 Å². The van der Waals surface area contributed by atoms with Crippen molar-refractivity contribution in [3.8, 4) is 0 Å². The fourth-order valence-corrected chi connectivity index (χ4v) is 1.71. The molecule has 0 atom stereocenters. The van der Waals surface area contributed by atoms with Gasteiger partial charge in [0.2, 0.25) is 0 Å². The zero-order valence-corrected chi connectivity index (χ0v) is 11.0. The summed E-state index contributed by atoms with van der Waals surface area (Å²) in [5.74, 6) is -0.188. The van der Waals surface area contributed by atoms with Gasteiger partial charge in [-0.2, -0.15) is 5.10 Å². The lowest BCUT2D eigenvalue weighted by molar-refractivity contribution is 0.0954. The molecular weight excluding hydrogens is 268 g/mol. The SMILES string of the molecule is CCC(CC)=NNC(=O)c1ccccc1Br. The van der Waals surface area contributed by atoms with Crippen molar-refractivity contribution in [1.29, 1.82) is 0 Å². The van der Waals surface area contributed by atoms with E-state index in [4.69, 9.17) is 0 Å². The molecule has 0 radical (unpaired) electrons. The summed E-state index contributed by atoms with van der Waals surface area (Å²) in [5.41, 5.74) is 4.14. The molecule has 0 unspecified atom stereocenters. The highest BCUT2D eigenvalue weighted by Gasteiger charge is 2.07. The highest BCUT2D eigenvalue weighted by molar-refractivity contribution is 9.10. The summed E-state index contributed by atoms with van der Waals surface area (Å²) in [5, 5.41) is 4.07. The number of nitrogens with zero attached hydrogens (tertiary/aromatic N) is 1. The van der Waals surface area contributed by atoms with Gasteiger partial charge in [-0.25, -0.2) is 5.43 Å². The number of nitrogens with one attached hydrogen (secondary N) is 1. The fraction of sp³-hybridized carbons (Fsp3) is 0.333. The molecule has 0 fully saturated rings. The summed E-state index contributed by atoms with van der Waals surface area (Å²) in [6.07, 6.45) is 1.71. The summed E-state index contributed by atoms with van der Waals surface area (Å²) in [4.78, 5) is 11.8. The second-order valence-electron chi connectivity index (χ2n) is 3.31. The minimum absolute atomic E-state index is 0.188. The smallest absolute Gasteiger partial charge is 0.267 e. The zero-order valence-electron chi connectivity index (χ0n) is 9.46. The Balaban J connectivity index is 2.74. The molecule has 1 N–H and O–H groups in total. The van der Waals surface area contributed by atoms with Crippen LogP contribution in [0.2, 0.25) is 0 Å². The van der Waals surface area contributed by atoms with Crippen molar-refractivity contribution in [2.24, 2.45) is 5.10 Å². The molecule has 4 heteroatoms. The van der Waals surface area contributed by atoms with Crippen LogP contribution in [0.15, 0.2) is 33.8 Å². The van der Waals surface area contributed by atoms with E-state index >= 15 is 0 Å². The molecule has 86 valence electrons. The van der Waals surface area contributed by atoms with Crippen molar-refractivity contribution < 1.29 is 4.79 Å². The molecule has 0 aliphatic rings. The average Bonchev–Trinajstić information content (AvgIpc) is 2.30. The third kappa shape index (κ3) is 3.45. The van der Waals surface area contributed by atoms with E-state index in [0.717, 1.165) is 23.0 Å². The Morgan fingerprint density at radius 1 is 1.31 bits per heavy atom. The van der Waals surface area contributed by atoms with E-state index in [1.165, 1.54) is 0 Å². The molecule has 16 heavy (non-hydrogen) atoms. The molecule has 0 aliphatic carbocycles. The van der Waals surface area contributed by atoms with Crippen molar-refractivity contribution in [3.05, 3.63) is 34.3 Å². The van der Waals surface area contributed by atoms with Crippen LogP contribution in [0.1, 0.15) is 37.0 Å². The van der Waals surface area contributed by atoms with Gasteiger partial charge >= 0.3 is 0 Å². The number of carbonyl (C=O) groups excluding carboxylic acids is 1. The first-order valence-corrected chi connectivity index (χ1v) is 6.08. The minimum atomic E-state index is -0.188. The minimum Gasteiger partial charge on any atom is -0.267 e. The fourth-order valence-electron chi connectivity index (χ4n) is 1.24. The van der Waals surface area contributed by atoms with Gasteiger partial charge in [0.1, 0.15) is 0 Å². The predicted molar refractivity (Wildman–Crippen MR) is 69.6 cm³/mol. The van der Waals surface area contributed by atoms with Gasteiger partial charge in [-0.15, -0.1) is 0 Å². The summed E-state index contributed by atoms with van der Waals surface area (Å²) >= 11 is 3.33. The van der Waals surface area contributed by atoms with Gasteiger partial charge in [0.05, 0.1) is 5.56 Å². The maximum Gasteiger partial charge on any atom is 0.272 e. The van der Waals surface area contributed by atoms with Crippen LogP contribution in [0, 0.1) is 0 Å². The highest BCUT2D eigenvalue weighted by Crippen LogP contribution is 2.15. The van der Waals surface area contributed by atoms with Crippen molar-refractivity contribution in [2.75, 3.05) is 0 Å². The number of hydrazone groups is 1. The first-order chi connectivity index (χ1) is 7.69. The van der Waals surface area contributed by atoms with Crippen LogP contribution in [0.3, 0.4) is 0 Å². The van der Waals surface area contributed by atoms with E-state index in [1.807, 2.05) is 32.0 Å². The van der Waals surface area contributed by atoms with Crippen LogP contribution >= 0.6 is 15.9 Å². The quantitative estimate of drug-likeness (QED) is 0.668. The molecule has 3 nitrogen and oxygen atoms in total. The zero-order chi connectivity index (χ0) is 12.0. The lowest BCUT2D eigenvalue weighted by Crippen LogP contribution is -2.19. The highest BCUT2D eigenvalue weighted by atomic mass is 79.9. The summed E-state index contributed by atoms with van der Waals surface area (Å²) in [6.45, 7) is 4.04. The van der Waals surface area contributed by atoms with Crippen molar-refractivity contribution in [2.45, 2.75) is 26.7 Å². The second-order valence-corrected chi connectivity index (χ2v) is 4.16. The van der Waals surface area contributed by atoms with Crippen LogP contribution in [0.5, 0.6) is 0 Å². The van der Waals surface area contributed by atoms with Crippen molar-refractivity contribution in [1.82, 2.24) is 5.43 Å².